The van der Waals surface area contributed by atoms with Crippen molar-refractivity contribution in [3.05, 3.63) is 59.2 Å². The number of nitrogen functional groups attached to an aromatic ring is 1. The van der Waals surface area contributed by atoms with Crippen LogP contribution >= 0.6 is 0 Å². The molecule has 0 saturated heterocycles. The van der Waals surface area contributed by atoms with Gasteiger partial charge in [-0.2, -0.15) is 0 Å². The van der Waals surface area contributed by atoms with Crippen molar-refractivity contribution in [2.24, 2.45) is 0 Å². The highest BCUT2D eigenvalue weighted by Gasteiger charge is 2.19. The van der Waals surface area contributed by atoms with E-state index in [4.69, 9.17) is 10.5 Å². The van der Waals surface area contributed by atoms with Crippen molar-refractivity contribution in [1.82, 2.24) is 0 Å². The number of para-hydroxylation sites is 1. The van der Waals surface area contributed by atoms with E-state index in [1.165, 1.54) is 11.1 Å². The van der Waals surface area contributed by atoms with Crippen LogP contribution in [0.5, 0.6) is 5.75 Å². The third-order valence-electron chi connectivity index (χ3n) is 3.63. The summed E-state index contributed by atoms with van der Waals surface area (Å²) < 4.78 is 6.02. The van der Waals surface area contributed by atoms with Gasteiger partial charge in [0.1, 0.15) is 5.75 Å². The lowest BCUT2D eigenvalue weighted by Crippen LogP contribution is -2.14. The van der Waals surface area contributed by atoms with Gasteiger partial charge in [0.25, 0.3) is 0 Å². The minimum atomic E-state index is 0.0765. The van der Waals surface area contributed by atoms with Gasteiger partial charge >= 0.3 is 0 Å². The van der Waals surface area contributed by atoms with E-state index in [2.05, 4.69) is 52.0 Å². The van der Waals surface area contributed by atoms with Crippen LogP contribution in [0.3, 0.4) is 0 Å². The highest BCUT2D eigenvalue weighted by atomic mass is 16.5. The first-order chi connectivity index (χ1) is 9.88. The minimum Gasteiger partial charge on any atom is -0.493 e. The summed E-state index contributed by atoms with van der Waals surface area (Å²) >= 11 is 0. The number of anilines is 1. The van der Waals surface area contributed by atoms with Crippen molar-refractivity contribution in [3.8, 4) is 5.75 Å². The van der Waals surface area contributed by atoms with Crippen molar-refractivity contribution < 1.29 is 4.74 Å². The Labute approximate surface area is 127 Å². The monoisotopic (exact) mass is 283 g/mol. The van der Waals surface area contributed by atoms with Crippen LogP contribution in [0.4, 0.5) is 5.69 Å². The van der Waals surface area contributed by atoms with E-state index in [9.17, 15) is 0 Å². The Bertz CT molecular complexity index is 611. The second kappa shape index (κ2) is 6.21. The molecule has 2 aromatic rings. The van der Waals surface area contributed by atoms with Crippen LogP contribution in [-0.4, -0.2) is 6.61 Å². The van der Waals surface area contributed by atoms with Crippen LogP contribution in [0.15, 0.2) is 42.5 Å². The molecular formula is C19H25NO. The van der Waals surface area contributed by atoms with Gasteiger partial charge in [-0.1, -0.05) is 56.7 Å². The summed E-state index contributed by atoms with van der Waals surface area (Å²) in [6.45, 7) is 9.39. The Hall–Kier alpha value is -1.96. The number of hydrogen-bond acceptors (Lipinski definition) is 2. The molecule has 21 heavy (non-hydrogen) atoms. The zero-order valence-electron chi connectivity index (χ0n) is 13.4. The van der Waals surface area contributed by atoms with E-state index < -0.39 is 0 Å². The number of ether oxygens (including phenoxy) is 1. The van der Waals surface area contributed by atoms with E-state index in [1.54, 1.807) is 0 Å². The number of hydrogen-bond donors (Lipinski definition) is 1. The maximum atomic E-state index is 6.02. The van der Waals surface area contributed by atoms with Gasteiger partial charge in [-0.3, -0.25) is 0 Å². The quantitative estimate of drug-likeness (QED) is 0.839. The summed E-state index contributed by atoms with van der Waals surface area (Å²) in [6.07, 6.45) is 0.824. The maximum absolute atomic E-state index is 6.02. The average molecular weight is 283 g/mol. The van der Waals surface area contributed by atoms with Gasteiger partial charge < -0.3 is 10.5 Å². The Morgan fingerprint density at radius 2 is 1.76 bits per heavy atom. The Morgan fingerprint density at radius 1 is 1.05 bits per heavy atom. The molecule has 0 radical (unpaired) electrons. The fraction of sp³-hybridized carbons (Fsp3) is 0.368. The van der Waals surface area contributed by atoms with Crippen molar-refractivity contribution in [2.75, 3.05) is 12.3 Å². The first-order valence-corrected chi connectivity index (χ1v) is 7.45. The molecule has 0 spiro atoms. The Morgan fingerprint density at radius 3 is 2.43 bits per heavy atom. The van der Waals surface area contributed by atoms with E-state index in [0.29, 0.717) is 6.61 Å². The molecule has 112 valence electrons. The van der Waals surface area contributed by atoms with E-state index in [1.807, 2.05) is 18.2 Å². The van der Waals surface area contributed by atoms with Gasteiger partial charge in [0.05, 0.1) is 6.61 Å². The fourth-order valence-electron chi connectivity index (χ4n) is 2.39. The fourth-order valence-corrected chi connectivity index (χ4v) is 2.39. The molecule has 0 bridgehead atoms. The number of benzene rings is 2. The zero-order valence-corrected chi connectivity index (χ0v) is 13.4. The van der Waals surface area contributed by atoms with Crippen LogP contribution in [0.1, 0.15) is 37.5 Å². The van der Waals surface area contributed by atoms with Gasteiger partial charge in [0.15, 0.2) is 0 Å². The van der Waals surface area contributed by atoms with Crippen molar-refractivity contribution in [3.63, 3.8) is 0 Å². The molecule has 0 heterocycles. The average Bonchev–Trinajstić information content (AvgIpc) is 2.41. The van der Waals surface area contributed by atoms with Crippen LogP contribution in [-0.2, 0) is 11.8 Å². The summed E-state index contributed by atoms with van der Waals surface area (Å²) in [4.78, 5) is 0. The molecule has 0 fully saturated rings. The highest BCUT2D eigenvalue weighted by molar-refractivity contribution is 5.46. The lowest BCUT2D eigenvalue weighted by atomic mass is 9.85. The molecule has 0 saturated carbocycles. The van der Waals surface area contributed by atoms with Crippen LogP contribution < -0.4 is 10.5 Å². The van der Waals surface area contributed by atoms with Crippen LogP contribution in [0.2, 0.25) is 0 Å². The molecule has 2 rings (SSSR count). The van der Waals surface area contributed by atoms with Crippen LogP contribution in [0.25, 0.3) is 0 Å². The summed E-state index contributed by atoms with van der Waals surface area (Å²) in [6, 6.07) is 14.3. The molecule has 0 aliphatic carbocycles. The predicted octanol–water partition coefficient (Wildman–Crippen LogP) is 4.50. The number of nitrogens with two attached hydrogens (primary N) is 1. The van der Waals surface area contributed by atoms with Crippen molar-refractivity contribution >= 4 is 5.69 Å². The number of rotatable bonds is 4. The van der Waals surface area contributed by atoms with Gasteiger partial charge in [-0.05, 0) is 35.6 Å². The predicted molar refractivity (Wildman–Crippen MR) is 89.9 cm³/mol. The summed E-state index contributed by atoms with van der Waals surface area (Å²) in [5.74, 6) is 0.975. The highest BCUT2D eigenvalue weighted by Crippen LogP contribution is 2.32. The first-order valence-electron chi connectivity index (χ1n) is 7.45. The van der Waals surface area contributed by atoms with E-state index in [-0.39, 0.29) is 5.41 Å². The summed E-state index contributed by atoms with van der Waals surface area (Å²) in [7, 11) is 0. The molecule has 0 unspecified atom stereocenters. The van der Waals surface area contributed by atoms with E-state index in [0.717, 1.165) is 23.4 Å². The second-order valence-corrected chi connectivity index (χ2v) is 6.55. The third kappa shape index (κ3) is 4.01. The molecule has 0 atom stereocenters. The molecule has 0 aliphatic rings. The lowest BCUT2D eigenvalue weighted by molar-refractivity contribution is 0.313. The van der Waals surface area contributed by atoms with Crippen molar-refractivity contribution in [2.45, 2.75) is 39.5 Å². The van der Waals surface area contributed by atoms with E-state index >= 15 is 0 Å². The molecular weight excluding hydrogens is 258 g/mol. The smallest absolute Gasteiger partial charge is 0.123 e. The summed E-state index contributed by atoms with van der Waals surface area (Å²) in [5.41, 5.74) is 10.5. The molecule has 2 aromatic carbocycles. The zero-order chi connectivity index (χ0) is 15.5. The van der Waals surface area contributed by atoms with Crippen molar-refractivity contribution in [1.29, 1.82) is 0 Å². The van der Waals surface area contributed by atoms with Gasteiger partial charge in [-0.25, -0.2) is 0 Å². The molecule has 2 heteroatoms. The number of aryl methyl sites for hydroxylation is 1. The Kier molecular flexibility index (Phi) is 4.56. The first kappa shape index (κ1) is 15.4. The standard InChI is InChI=1S/C19H25NO/c1-14-9-10-18(16(13-14)19(2,3)4)21-12-11-15-7-5-6-8-17(15)20/h5-10,13H,11-12,20H2,1-4H3. The van der Waals surface area contributed by atoms with Crippen LogP contribution in [0, 0.1) is 6.92 Å². The second-order valence-electron chi connectivity index (χ2n) is 6.55. The van der Waals surface area contributed by atoms with Gasteiger partial charge in [0, 0.05) is 12.1 Å². The molecule has 2 N–H and O–H groups in total. The van der Waals surface area contributed by atoms with Gasteiger partial charge in [0.2, 0.25) is 0 Å². The third-order valence-corrected chi connectivity index (χ3v) is 3.63. The maximum Gasteiger partial charge on any atom is 0.123 e. The molecule has 2 nitrogen and oxygen atoms in total. The normalized spacial score (nSPS) is 11.4. The SMILES string of the molecule is Cc1ccc(OCCc2ccccc2N)c(C(C)(C)C)c1. The molecule has 0 amide bonds. The topological polar surface area (TPSA) is 35.2 Å². The largest absolute Gasteiger partial charge is 0.493 e. The lowest BCUT2D eigenvalue weighted by Gasteiger charge is -2.23. The van der Waals surface area contributed by atoms with Gasteiger partial charge in [-0.15, -0.1) is 0 Å². The minimum absolute atomic E-state index is 0.0765. The molecule has 0 aromatic heterocycles. The molecule has 0 aliphatic heterocycles. The Balaban J connectivity index is 2.09. The summed E-state index contributed by atoms with van der Waals surface area (Å²) in [5, 5.41) is 0.